The fraction of sp³-hybridized carbons (Fsp3) is 0.625. The highest BCUT2D eigenvalue weighted by Crippen LogP contribution is 2.19. The zero-order chi connectivity index (χ0) is 14.7. The smallest absolute Gasteiger partial charge is 0.268 e. The van der Waals surface area contributed by atoms with Crippen molar-refractivity contribution in [3.8, 4) is 6.07 Å². The fourth-order valence-electron chi connectivity index (χ4n) is 2.75. The van der Waals surface area contributed by atoms with Crippen LogP contribution in [0.15, 0.2) is 10.9 Å². The molecule has 0 fully saturated rings. The van der Waals surface area contributed by atoms with E-state index in [4.69, 9.17) is 5.26 Å². The Hall–Kier alpha value is -1.60. The van der Waals surface area contributed by atoms with E-state index in [1.807, 2.05) is 4.57 Å². The number of nitriles is 1. The van der Waals surface area contributed by atoms with E-state index in [9.17, 15) is 4.79 Å². The van der Waals surface area contributed by atoms with Gasteiger partial charge in [-0.05, 0) is 30.5 Å². The highest BCUT2D eigenvalue weighted by Gasteiger charge is 2.21. The third-order valence-electron chi connectivity index (χ3n) is 4.05. The molecule has 0 aromatic carbocycles. The molecule has 0 unspecified atom stereocenters. The molecule has 2 rings (SSSR count). The lowest BCUT2D eigenvalue weighted by molar-refractivity contribution is 0.261. The van der Waals surface area contributed by atoms with Gasteiger partial charge in [-0.3, -0.25) is 9.69 Å². The molecule has 0 radical (unpaired) electrons. The Morgan fingerprint density at radius 3 is 2.80 bits per heavy atom. The number of pyridine rings is 1. The van der Waals surface area contributed by atoms with Crippen molar-refractivity contribution in [1.29, 1.82) is 5.26 Å². The first-order chi connectivity index (χ1) is 9.56. The summed E-state index contributed by atoms with van der Waals surface area (Å²) in [5, 5.41) is 9.17. The Morgan fingerprint density at radius 2 is 2.20 bits per heavy atom. The lowest BCUT2D eigenvalue weighted by Crippen LogP contribution is -2.36. The lowest BCUT2D eigenvalue weighted by atomic mass is 10.0. The van der Waals surface area contributed by atoms with Crippen molar-refractivity contribution >= 4 is 0 Å². The van der Waals surface area contributed by atoms with E-state index in [0.717, 1.165) is 50.3 Å². The monoisotopic (exact) mass is 273 g/mol. The van der Waals surface area contributed by atoms with Crippen molar-refractivity contribution in [3.63, 3.8) is 0 Å². The molecule has 1 aromatic heterocycles. The molecule has 0 spiro atoms. The van der Waals surface area contributed by atoms with Gasteiger partial charge in [-0.25, -0.2) is 0 Å². The number of likely N-dealkylation sites (N-methyl/N-ethyl adjacent to an activating group) is 1. The molecule has 1 aromatic rings. The average Bonchev–Trinajstić information content (AvgIpc) is 2.44. The second kappa shape index (κ2) is 6.23. The summed E-state index contributed by atoms with van der Waals surface area (Å²) in [6.45, 7) is 10.0. The summed E-state index contributed by atoms with van der Waals surface area (Å²) in [7, 11) is 0. The number of fused-ring (bicyclic) bond motifs is 1. The number of hydrogen-bond acceptors (Lipinski definition) is 3. The molecule has 0 saturated carbocycles. The molecule has 108 valence electrons. The van der Waals surface area contributed by atoms with Gasteiger partial charge in [0.1, 0.15) is 11.6 Å². The van der Waals surface area contributed by atoms with E-state index in [0.29, 0.717) is 5.92 Å². The van der Waals surface area contributed by atoms with Crippen LogP contribution in [0.25, 0.3) is 0 Å². The summed E-state index contributed by atoms with van der Waals surface area (Å²) >= 11 is 0. The van der Waals surface area contributed by atoms with Crippen LogP contribution in [0, 0.1) is 17.2 Å². The van der Waals surface area contributed by atoms with E-state index in [-0.39, 0.29) is 11.1 Å². The van der Waals surface area contributed by atoms with E-state index < -0.39 is 0 Å². The highest BCUT2D eigenvalue weighted by atomic mass is 16.1. The molecule has 0 saturated heterocycles. The second-order valence-corrected chi connectivity index (χ2v) is 5.90. The number of rotatable bonds is 4. The van der Waals surface area contributed by atoms with E-state index in [1.54, 1.807) is 6.07 Å². The predicted molar refractivity (Wildman–Crippen MR) is 79.5 cm³/mol. The van der Waals surface area contributed by atoms with Crippen molar-refractivity contribution in [3.05, 3.63) is 33.2 Å². The van der Waals surface area contributed by atoms with Gasteiger partial charge >= 0.3 is 0 Å². The minimum Gasteiger partial charge on any atom is -0.311 e. The Balaban J connectivity index is 2.44. The Bertz CT molecular complexity index is 581. The van der Waals surface area contributed by atoms with Gasteiger partial charge in [-0.1, -0.05) is 20.8 Å². The van der Waals surface area contributed by atoms with Crippen molar-refractivity contribution < 1.29 is 0 Å². The number of nitrogens with zero attached hydrogens (tertiary/aromatic N) is 3. The zero-order valence-corrected chi connectivity index (χ0v) is 12.6. The largest absolute Gasteiger partial charge is 0.311 e. The van der Waals surface area contributed by atoms with Gasteiger partial charge in [0.15, 0.2) is 0 Å². The predicted octanol–water partition coefficient (Wildman–Crippen LogP) is 2.14. The molecule has 2 heterocycles. The fourth-order valence-corrected chi connectivity index (χ4v) is 2.75. The van der Waals surface area contributed by atoms with Gasteiger partial charge in [0.25, 0.3) is 5.56 Å². The van der Waals surface area contributed by atoms with Crippen LogP contribution in [-0.2, 0) is 19.5 Å². The van der Waals surface area contributed by atoms with Gasteiger partial charge in [0, 0.05) is 31.7 Å². The first kappa shape index (κ1) is 14.8. The SMILES string of the molecule is CCN1CCc2c(cc(C#N)c(=O)n2CCC(C)C)C1. The molecular formula is C16H23N3O. The molecule has 0 amide bonds. The maximum atomic E-state index is 12.4. The standard InChI is InChI=1S/C16H23N3O/c1-4-18-7-6-15-14(11-18)9-13(10-17)16(20)19(15)8-5-12(2)3/h9,12H,4-8,11H2,1-3H3. The first-order valence-corrected chi connectivity index (χ1v) is 7.44. The topological polar surface area (TPSA) is 49.0 Å². The summed E-state index contributed by atoms with van der Waals surface area (Å²) in [5.41, 5.74) is 2.46. The van der Waals surface area contributed by atoms with Crippen LogP contribution in [0.4, 0.5) is 0 Å². The molecular weight excluding hydrogens is 250 g/mol. The van der Waals surface area contributed by atoms with E-state index >= 15 is 0 Å². The lowest BCUT2D eigenvalue weighted by Gasteiger charge is -2.29. The second-order valence-electron chi connectivity index (χ2n) is 5.90. The quantitative estimate of drug-likeness (QED) is 0.844. The van der Waals surface area contributed by atoms with E-state index in [1.165, 1.54) is 0 Å². The van der Waals surface area contributed by atoms with Gasteiger partial charge in [0.2, 0.25) is 0 Å². The molecule has 20 heavy (non-hydrogen) atoms. The van der Waals surface area contributed by atoms with Crippen molar-refractivity contribution in [1.82, 2.24) is 9.47 Å². The van der Waals surface area contributed by atoms with Crippen molar-refractivity contribution in [2.45, 2.75) is 46.7 Å². The van der Waals surface area contributed by atoms with Crippen molar-refractivity contribution in [2.24, 2.45) is 5.92 Å². The van der Waals surface area contributed by atoms with Crippen LogP contribution in [0.1, 0.15) is 44.0 Å². The molecule has 0 aliphatic carbocycles. The Morgan fingerprint density at radius 1 is 1.45 bits per heavy atom. The summed E-state index contributed by atoms with van der Waals surface area (Å²) < 4.78 is 1.85. The van der Waals surface area contributed by atoms with Crippen molar-refractivity contribution in [2.75, 3.05) is 13.1 Å². The Kier molecular flexibility index (Phi) is 4.61. The zero-order valence-electron chi connectivity index (χ0n) is 12.6. The van der Waals surface area contributed by atoms with Gasteiger partial charge in [0.05, 0.1) is 0 Å². The molecule has 0 atom stereocenters. The van der Waals surface area contributed by atoms with Crippen LogP contribution in [0.3, 0.4) is 0 Å². The maximum Gasteiger partial charge on any atom is 0.268 e. The third-order valence-corrected chi connectivity index (χ3v) is 4.05. The molecule has 0 N–H and O–H groups in total. The summed E-state index contributed by atoms with van der Waals surface area (Å²) in [4.78, 5) is 14.7. The molecule has 0 bridgehead atoms. The van der Waals surface area contributed by atoms with E-state index in [2.05, 4.69) is 31.7 Å². The summed E-state index contributed by atoms with van der Waals surface area (Å²) in [6, 6.07) is 3.85. The third kappa shape index (κ3) is 2.94. The maximum absolute atomic E-state index is 12.4. The Labute approximate surface area is 120 Å². The van der Waals surface area contributed by atoms with Gasteiger partial charge < -0.3 is 4.57 Å². The summed E-state index contributed by atoms with van der Waals surface area (Å²) in [6.07, 6.45) is 1.88. The molecule has 4 heteroatoms. The molecule has 1 aliphatic rings. The highest BCUT2D eigenvalue weighted by molar-refractivity contribution is 5.35. The van der Waals surface area contributed by atoms with Gasteiger partial charge in [-0.2, -0.15) is 5.26 Å². The normalized spacial score (nSPS) is 15.2. The minimum atomic E-state index is -0.114. The van der Waals surface area contributed by atoms with Crippen LogP contribution in [0.2, 0.25) is 0 Å². The number of hydrogen-bond donors (Lipinski definition) is 0. The minimum absolute atomic E-state index is 0.114. The van der Waals surface area contributed by atoms with Crippen LogP contribution in [0.5, 0.6) is 0 Å². The average molecular weight is 273 g/mol. The van der Waals surface area contributed by atoms with Crippen LogP contribution < -0.4 is 5.56 Å². The van der Waals surface area contributed by atoms with Crippen LogP contribution >= 0.6 is 0 Å². The van der Waals surface area contributed by atoms with Gasteiger partial charge in [-0.15, -0.1) is 0 Å². The first-order valence-electron chi connectivity index (χ1n) is 7.44. The summed E-state index contributed by atoms with van der Waals surface area (Å²) in [5.74, 6) is 0.555. The molecule has 1 aliphatic heterocycles. The van der Waals surface area contributed by atoms with Crippen LogP contribution in [-0.4, -0.2) is 22.6 Å². The number of aromatic nitrogens is 1. The molecule has 4 nitrogen and oxygen atoms in total.